The summed E-state index contributed by atoms with van der Waals surface area (Å²) < 4.78 is 13.4. The van der Waals surface area contributed by atoms with Crippen LogP contribution in [-0.4, -0.2) is 24.5 Å². The molecule has 110 valence electrons. The molecule has 20 heavy (non-hydrogen) atoms. The van der Waals surface area contributed by atoms with Gasteiger partial charge in [-0.1, -0.05) is 38.3 Å². The van der Waals surface area contributed by atoms with Crippen LogP contribution in [-0.2, 0) is 0 Å². The molecule has 2 atom stereocenters. The Morgan fingerprint density at radius 2 is 1.95 bits per heavy atom. The maximum atomic E-state index is 13.4. The first-order valence-corrected chi connectivity index (χ1v) is 8.20. The van der Waals surface area contributed by atoms with Crippen LogP contribution in [0.15, 0.2) is 24.3 Å². The van der Waals surface area contributed by atoms with E-state index in [2.05, 4.69) is 17.9 Å². The molecule has 1 saturated carbocycles. The van der Waals surface area contributed by atoms with Crippen LogP contribution in [0.1, 0.15) is 50.5 Å². The predicted octanol–water partition coefficient (Wildman–Crippen LogP) is 4.44. The fourth-order valence-corrected chi connectivity index (χ4v) is 4.12. The van der Waals surface area contributed by atoms with Crippen LogP contribution in [0.4, 0.5) is 4.39 Å². The molecule has 1 aliphatic carbocycles. The van der Waals surface area contributed by atoms with E-state index in [-0.39, 0.29) is 5.82 Å². The minimum atomic E-state index is -0.0968. The molecule has 0 aromatic heterocycles. The largest absolute Gasteiger partial charge is 0.302 e. The van der Waals surface area contributed by atoms with E-state index < -0.39 is 0 Å². The molecule has 2 heteroatoms. The number of halogens is 1. The summed E-state index contributed by atoms with van der Waals surface area (Å²) in [4.78, 5) is 2.62. The third-order valence-electron chi connectivity index (χ3n) is 5.21. The number of rotatable bonds is 3. The molecule has 0 N–H and O–H groups in total. The van der Waals surface area contributed by atoms with E-state index in [9.17, 15) is 4.39 Å². The Morgan fingerprint density at radius 1 is 1.15 bits per heavy atom. The summed E-state index contributed by atoms with van der Waals surface area (Å²) in [7, 11) is 0. The lowest BCUT2D eigenvalue weighted by molar-refractivity contribution is 0.228. The minimum Gasteiger partial charge on any atom is -0.302 e. The van der Waals surface area contributed by atoms with Gasteiger partial charge in [-0.05, 0) is 42.4 Å². The van der Waals surface area contributed by atoms with Gasteiger partial charge in [0.25, 0.3) is 0 Å². The van der Waals surface area contributed by atoms with Crippen molar-refractivity contribution in [1.29, 1.82) is 0 Å². The highest BCUT2D eigenvalue weighted by atomic mass is 19.1. The van der Waals surface area contributed by atoms with E-state index >= 15 is 0 Å². The van der Waals surface area contributed by atoms with Crippen molar-refractivity contribution in [2.75, 3.05) is 19.6 Å². The van der Waals surface area contributed by atoms with Crippen LogP contribution in [0.5, 0.6) is 0 Å². The van der Waals surface area contributed by atoms with Gasteiger partial charge in [-0.25, -0.2) is 4.39 Å². The number of hydrogen-bond acceptors (Lipinski definition) is 1. The van der Waals surface area contributed by atoms with Crippen molar-refractivity contribution in [1.82, 2.24) is 4.90 Å². The van der Waals surface area contributed by atoms with Gasteiger partial charge in [0.2, 0.25) is 0 Å². The van der Waals surface area contributed by atoms with Gasteiger partial charge in [0.1, 0.15) is 5.82 Å². The Balaban J connectivity index is 1.61. The zero-order chi connectivity index (χ0) is 13.9. The monoisotopic (exact) mass is 275 g/mol. The topological polar surface area (TPSA) is 3.24 Å². The molecular formula is C18H26FN. The molecule has 0 radical (unpaired) electrons. The van der Waals surface area contributed by atoms with E-state index in [4.69, 9.17) is 0 Å². The second-order valence-electron chi connectivity index (χ2n) is 6.86. The summed E-state index contributed by atoms with van der Waals surface area (Å²) >= 11 is 0. The summed E-state index contributed by atoms with van der Waals surface area (Å²) in [5.74, 6) is 1.96. The van der Waals surface area contributed by atoms with Crippen LogP contribution >= 0.6 is 0 Å². The van der Waals surface area contributed by atoms with Crippen LogP contribution in [0.3, 0.4) is 0 Å². The van der Waals surface area contributed by atoms with Crippen molar-refractivity contribution in [3.8, 4) is 0 Å². The van der Waals surface area contributed by atoms with Crippen molar-refractivity contribution in [2.45, 2.75) is 44.9 Å². The maximum absolute atomic E-state index is 13.4. The summed E-state index contributed by atoms with van der Waals surface area (Å²) in [6.07, 6.45) is 7.09. The smallest absolute Gasteiger partial charge is 0.123 e. The summed E-state index contributed by atoms with van der Waals surface area (Å²) in [5, 5.41) is 0. The average Bonchev–Trinajstić information content (AvgIpc) is 2.81. The second-order valence-corrected chi connectivity index (χ2v) is 6.86. The van der Waals surface area contributed by atoms with Gasteiger partial charge in [-0.2, -0.15) is 0 Å². The Bertz CT molecular complexity index is 439. The van der Waals surface area contributed by atoms with Crippen molar-refractivity contribution >= 4 is 0 Å². The Labute approximate surface area is 122 Å². The highest BCUT2D eigenvalue weighted by Crippen LogP contribution is 2.34. The first-order valence-electron chi connectivity index (χ1n) is 8.20. The van der Waals surface area contributed by atoms with Crippen molar-refractivity contribution in [3.63, 3.8) is 0 Å². The van der Waals surface area contributed by atoms with Crippen LogP contribution in [0.25, 0.3) is 0 Å². The van der Waals surface area contributed by atoms with Gasteiger partial charge in [-0.15, -0.1) is 0 Å². The van der Waals surface area contributed by atoms with E-state index in [1.807, 2.05) is 6.07 Å². The SMILES string of the molecule is CC1CN(CC2CCCCC2)CC1c1cccc(F)c1. The summed E-state index contributed by atoms with van der Waals surface area (Å²) in [6, 6.07) is 7.21. The zero-order valence-corrected chi connectivity index (χ0v) is 12.5. The number of nitrogens with zero attached hydrogens (tertiary/aromatic N) is 1. The quantitative estimate of drug-likeness (QED) is 0.788. The maximum Gasteiger partial charge on any atom is 0.123 e. The van der Waals surface area contributed by atoms with Crippen LogP contribution in [0, 0.1) is 17.7 Å². The molecule has 0 bridgehead atoms. The van der Waals surface area contributed by atoms with Gasteiger partial charge in [0.15, 0.2) is 0 Å². The molecule has 3 rings (SSSR count). The third-order valence-corrected chi connectivity index (χ3v) is 5.21. The average molecular weight is 275 g/mol. The predicted molar refractivity (Wildman–Crippen MR) is 81.3 cm³/mol. The molecular weight excluding hydrogens is 249 g/mol. The lowest BCUT2D eigenvalue weighted by Crippen LogP contribution is -2.28. The first kappa shape index (κ1) is 14.1. The number of hydrogen-bond donors (Lipinski definition) is 0. The van der Waals surface area contributed by atoms with Crippen LogP contribution in [0.2, 0.25) is 0 Å². The third kappa shape index (κ3) is 3.22. The van der Waals surface area contributed by atoms with Crippen molar-refractivity contribution < 1.29 is 4.39 Å². The summed E-state index contributed by atoms with van der Waals surface area (Å²) in [5.41, 5.74) is 1.18. The standard InChI is InChI=1S/C18H26FN/c1-14-11-20(12-15-6-3-2-4-7-15)13-18(14)16-8-5-9-17(19)10-16/h5,8-10,14-15,18H,2-4,6-7,11-13H2,1H3. The van der Waals surface area contributed by atoms with E-state index in [0.29, 0.717) is 11.8 Å². The molecule has 0 amide bonds. The normalized spacial score (nSPS) is 28.9. The summed E-state index contributed by atoms with van der Waals surface area (Å²) in [6.45, 7) is 5.87. The molecule has 2 fully saturated rings. The molecule has 1 aromatic carbocycles. The minimum absolute atomic E-state index is 0.0968. The van der Waals surface area contributed by atoms with Gasteiger partial charge >= 0.3 is 0 Å². The van der Waals surface area contributed by atoms with Gasteiger partial charge in [0, 0.05) is 25.6 Å². The van der Waals surface area contributed by atoms with Crippen molar-refractivity contribution in [2.24, 2.45) is 11.8 Å². The number of likely N-dealkylation sites (tertiary alicyclic amines) is 1. The highest BCUT2D eigenvalue weighted by Gasteiger charge is 2.32. The lowest BCUT2D eigenvalue weighted by atomic mass is 9.89. The molecule has 1 heterocycles. The Hall–Kier alpha value is -0.890. The van der Waals surface area contributed by atoms with Gasteiger partial charge in [0.05, 0.1) is 0 Å². The fraction of sp³-hybridized carbons (Fsp3) is 0.667. The molecule has 2 unspecified atom stereocenters. The van der Waals surface area contributed by atoms with E-state index in [1.165, 1.54) is 50.8 Å². The zero-order valence-electron chi connectivity index (χ0n) is 12.5. The molecule has 1 aliphatic heterocycles. The number of benzene rings is 1. The fourth-order valence-electron chi connectivity index (χ4n) is 4.12. The molecule has 1 aromatic rings. The van der Waals surface area contributed by atoms with Crippen LogP contribution < -0.4 is 0 Å². The molecule has 1 saturated heterocycles. The molecule has 2 aliphatic rings. The molecule has 0 spiro atoms. The van der Waals surface area contributed by atoms with E-state index in [0.717, 1.165) is 12.5 Å². The Morgan fingerprint density at radius 3 is 2.70 bits per heavy atom. The highest BCUT2D eigenvalue weighted by molar-refractivity contribution is 5.23. The van der Waals surface area contributed by atoms with Gasteiger partial charge < -0.3 is 4.90 Å². The second kappa shape index (κ2) is 6.26. The van der Waals surface area contributed by atoms with E-state index in [1.54, 1.807) is 12.1 Å². The Kier molecular flexibility index (Phi) is 4.40. The first-order chi connectivity index (χ1) is 9.72. The lowest BCUT2D eigenvalue weighted by Gasteiger charge is -2.26. The molecule has 1 nitrogen and oxygen atoms in total. The van der Waals surface area contributed by atoms with Crippen molar-refractivity contribution in [3.05, 3.63) is 35.6 Å². The van der Waals surface area contributed by atoms with Gasteiger partial charge in [-0.3, -0.25) is 0 Å².